The standard InChI is InChI=1S/C19H17N3O2S/c1-12-16-10-17(23)22(11-15-4-3-9-25-15)19(16)21-18(20-12)13-5-7-14(24-2)8-6-13/h3-9H,10-11H2,1-2H3. The van der Waals surface area contributed by atoms with Crippen molar-refractivity contribution in [3.63, 3.8) is 0 Å². The molecule has 4 rings (SSSR count). The summed E-state index contributed by atoms with van der Waals surface area (Å²) in [5.74, 6) is 2.23. The minimum Gasteiger partial charge on any atom is -0.497 e. The summed E-state index contributed by atoms with van der Waals surface area (Å²) >= 11 is 1.64. The van der Waals surface area contributed by atoms with Gasteiger partial charge >= 0.3 is 0 Å². The number of carbonyl (C=O) groups excluding carboxylic acids is 1. The first-order chi connectivity index (χ1) is 12.2. The molecule has 5 nitrogen and oxygen atoms in total. The molecular weight excluding hydrogens is 334 g/mol. The number of amides is 1. The minimum atomic E-state index is 0.0766. The molecule has 2 aromatic heterocycles. The number of hydrogen-bond acceptors (Lipinski definition) is 5. The molecule has 0 aliphatic carbocycles. The van der Waals surface area contributed by atoms with E-state index in [1.165, 1.54) is 0 Å². The van der Waals surface area contributed by atoms with Crippen molar-refractivity contribution in [2.24, 2.45) is 0 Å². The van der Waals surface area contributed by atoms with Crippen molar-refractivity contribution in [2.75, 3.05) is 12.0 Å². The molecule has 1 aliphatic rings. The van der Waals surface area contributed by atoms with Crippen molar-refractivity contribution >= 4 is 23.1 Å². The molecule has 0 unspecified atom stereocenters. The van der Waals surface area contributed by atoms with Crippen LogP contribution in [0.4, 0.5) is 5.82 Å². The Balaban J connectivity index is 1.74. The van der Waals surface area contributed by atoms with Gasteiger partial charge in [-0.05, 0) is 42.6 Å². The van der Waals surface area contributed by atoms with Crippen LogP contribution in [-0.2, 0) is 17.8 Å². The number of benzene rings is 1. The molecule has 0 radical (unpaired) electrons. The number of carbonyl (C=O) groups is 1. The molecule has 0 saturated heterocycles. The molecular formula is C19H17N3O2S. The van der Waals surface area contributed by atoms with Crippen LogP contribution in [0.5, 0.6) is 5.75 Å². The maximum Gasteiger partial charge on any atom is 0.233 e. The number of hydrogen-bond donors (Lipinski definition) is 0. The quantitative estimate of drug-likeness (QED) is 0.720. The molecule has 3 aromatic rings. The zero-order valence-electron chi connectivity index (χ0n) is 14.0. The average molecular weight is 351 g/mol. The van der Waals surface area contributed by atoms with Gasteiger partial charge in [-0.3, -0.25) is 9.69 Å². The average Bonchev–Trinajstić information content (AvgIpc) is 3.25. The van der Waals surface area contributed by atoms with Gasteiger partial charge in [0.15, 0.2) is 5.82 Å². The second-order valence-corrected chi connectivity index (χ2v) is 6.93. The molecule has 25 heavy (non-hydrogen) atoms. The van der Waals surface area contributed by atoms with Gasteiger partial charge in [-0.25, -0.2) is 9.97 Å². The molecule has 1 amide bonds. The van der Waals surface area contributed by atoms with Gasteiger partial charge in [0.1, 0.15) is 11.6 Å². The van der Waals surface area contributed by atoms with E-state index in [2.05, 4.69) is 4.98 Å². The molecule has 1 aromatic carbocycles. The maximum absolute atomic E-state index is 12.5. The minimum absolute atomic E-state index is 0.0766. The van der Waals surface area contributed by atoms with Crippen LogP contribution in [0.1, 0.15) is 16.1 Å². The number of methoxy groups -OCH3 is 1. The lowest BCUT2D eigenvalue weighted by Crippen LogP contribution is -2.26. The summed E-state index contributed by atoms with van der Waals surface area (Å²) in [6.07, 6.45) is 0.370. The summed E-state index contributed by atoms with van der Waals surface area (Å²) in [7, 11) is 1.64. The van der Waals surface area contributed by atoms with Gasteiger partial charge in [0, 0.05) is 21.7 Å². The Morgan fingerprint density at radius 3 is 2.68 bits per heavy atom. The molecule has 0 N–H and O–H groups in total. The third-order valence-electron chi connectivity index (χ3n) is 4.32. The van der Waals surface area contributed by atoms with Gasteiger partial charge in [0.2, 0.25) is 5.91 Å². The monoisotopic (exact) mass is 351 g/mol. The largest absolute Gasteiger partial charge is 0.497 e. The topological polar surface area (TPSA) is 55.3 Å². The van der Waals surface area contributed by atoms with Crippen LogP contribution in [-0.4, -0.2) is 23.0 Å². The number of anilines is 1. The first kappa shape index (κ1) is 15.8. The summed E-state index contributed by atoms with van der Waals surface area (Å²) in [6.45, 7) is 2.50. The Kier molecular flexibility index (Phi) is 3.97. The second kappa shape index (κ2) is 6.29. The van der Waals surface area contributed by atoms with E-state index in [-0.39, 0.29) is 5.91 Å². The fraction of sp³-hybridized carbons (Fsp3) is 0.211. The molecule has 3 heterocycles. The fourth-order valence-corrected chi connectivity index (χ4v) is 3.66. The molecule has 0 bridgehead atoms. The Labute approximate surface area is 149 Å². The molecule has 0 spiro atoms. The Hall–Kier alpha value is -2.73. The summed E-state index contributed by atoms with van der Waals surface area (Å²) < 4.78 is 5.20. The lowest BCUT2D eigenvalue weighted by atomic mass is 10.1. The Bertz CT molecular complexity index is 921. The smallest absolute Gasteiger partial charge is 0.233 e. The van der Waals surface area contributed by atoms with Gasteiger partial charge in [-0.1, -0.05) is 6.07 Å². The Morgan fingerprint density at radius 1 is 1.20 bits per heavy atom. The van der Waals surface area contributed by atoms with E-state index in [0.29, 0.717) is 18.8 Å². The number of ether oxygens (including phenoxy) is 1. The van der Waals surface area contributed by atoms with Crippen LogP contribution in [0, 0.1) is 6.92 Å². The van der Waals surface area contributed by atoms with Crippen molar-refractivity contribution in [3.8, 4) is 17.1 Å². The van der Waals surface area contributed by atoms with Gasteiger partial charge < -0.3 is 4.74 Å². The normalized spacial score (nSPS) is 13.2. The number of thiophene rings is 1. The third kappa shape index (κ3) is 2.89. The first-order valence-electron chi connectivity index (χ1n) is 8.00. The summed E-state index contributed by atoms with van der Waals surface area (Å²) in [6, 6.07) is 11.7. The van der Waals surface area contributed by atoms with Crippen molar-refractivity contribution in [2.45, 2.75) is 19.9 Å². The zero-order chi connectivity index (χ0) is 17.4. The molecule has 1 aliphatic heterocycles. The highest BCUT2D eigenvalue weighted by atomic mass is 32.1. The summed E-state index contributed by atoms with van der Waals surface area (Å²) in [5.41, 5.74) is 2.69. The van der Waals surface area contributed by atoms with Crippen LogP contribution >= 0.6 is 11.3 Å². The predicted molar refractivity (Wildman–Crippen MR) is 98.0 cm³/mol. The number of aromatic nitrogens is 2. The number of nitrogens with zero attached hydrogens (tertiary/aromatic N) is 3. The highest BCUT2D eigenvalue weighted by Gasteiger charge is 2.31. The van der Waals surface area contributed by atoms with Crippen LogP contribution < -0.4 is 9.64 Å². The van der Waals surface area contributed by atoms with Gasteiger partial charge in [0.25, 0.3) is 0 Å². The van der Waals surface area contributed by atoms with E-state index in [9.17, 15) is 4.79 Å². The summed E-state index contributed by atoms with van der Waals surface area (Å²) in [5, 5.41) is 2.02. The number of rotatable bonds is 4. The van der Waals surface area contributed by atoms with E-state index in [0.717, 1.165) is 33.3 Å². The molecule has 0 fully saturated rings. The molecule has 6 heteroatoms. The Morgan fingerprint density at radius 2 is 2.00 bits per heavy atom. The van der Waals surface area contributed by atoms with E-state index in [1.807, 2.05) is 48.7 Å². The van der Waals surface area contributed by atoms with E-state index < -0.39 is 0 Å². The highest BCUT2D eigenvalue weighted by Crippen LogP contribution is 2.33. The van der Waals surface area contributed by atoms with Gasteiger partial charge in [0.05, 0.1) is 20.1 Å². The van der Waals surface area contributed by atoms with Crippen LogP contribution in [0.2, 0.25) is 0 Å². The van der Waals surface area contributed by atoms with E-state index in [4.69, 9.17) is 9.72 Å². The zero-order valence-corrected chi connectivity index (χ0v) is 14.8. The van der Waals surface area contributed by atoms with Crippen molar-refractivity contribution in [1.29, 1.82) is 0 Å². The highest BCUT2D eigenvalue weighted by molar-refractivity contribution is 7.09. The van der Waals surface area contributed by atoms with Crippen LogP contribution in [0.15, 0.2) is 41.8 Å². The number of aryl methyl sites for hydroxylation is 1. The fourth-order valence-electron chi connectivity index (χ4n) is 2.97. The van der Waals surface area contributed by atoms with E-state index in [1.54, 1.807) is 23.3 Å². The number of fused-ring (bicyclic) bond motifs is 1. The molecule has 126 valence electrons. The van der Waals surface area contributed by atoms with E-state index >= 15 is 0 Å². The van der Waals surface area contributed by atoms with Gasteiger partial charge in [-0.15, -0.1) is 11.3 Å². The lowest BCUT2D eigenvalue weighted by Gasteiger charge is -2.16. The van der Waals surface area contributed by atoms with Crippen LogP contribution in [0.3, 0.4) is 0 Å². The van der Waals surface area contributed by atoms with Crippen molar-refractivity contribution in [3.05, 3.63) is 57.9 Å². The predicted octanol–water partition coefficient (Wildman–Crippen LogP) is 3.61. The van der Waals surface area contributed by atoms with Crippen LogP contribution in [0.25, 0.3) is 11.4 Å². The maximum atomic E-state index is 12.5. The second-order valence-electron chi connectivity index (χ2n) is 5.90. The van der Waals surface area contributed by atoms with Gasteiger partial charge in [-0.2, -0.15) is 0 Å². The van der Waals surface area contributed by atoms with Crippen molar-refractivity contribution < 1.29 is 9.53 Å². The SMILES string of the molecule is COc1ccc(-c2nc(C)c3c(n2)N(Cc2cccs2)C(=O)C3)cc1. The third-order valence-corrected chi connectivity index (χ3v) is 5.18. The van der Waals surface area contributed by atoms with Crippen molar-refractivity contribution in [1.82, 2.24) is 9.97 Å². The molecule has 0 saturated carbocycles. The lowest BCUT2D eigenvalue weighted by molar-refractivity contribution is -0.117. The summed E-state index contributed by atoms with van der Waals surface area (Å²) in [4.78, 5) is 24.7. The molecule has 0 atom stereocenters. The first-order valence-corrected chi connectivity index (χ1v) is 8.88.